The lowest BCUT2D eigenvalue weighted by molar-refractivity contribution is 0.0916. The summed E-state index contributed by atoms with van der Waals surface area (Å²) >= 11 is 0. The molecule has 0 bridgehead atoms. The van der Waals surface area contributed by atoms with Crippen molar-refractivity contribution in [2.45, 2.75) is 26.3 Å². The summed E-state index contributed by atoms with van der Waals surface area (Å²) in [6, 6.07) is 6.06. The molecule has 1 aromatic carbocycles. The smallest absolute Gasteiger partial charge is 0.251 e. The highest BCUT2D eigenvalue weighted by Gasteiger charge is 2.16. The monoisotopic (exact) mass is 237 g/mol. The van der Waals surface area contributed by atoms with Gasteiger partial charge in [-0.05, 0) is 36.6 Å². The molecule has 0 radical (unpaired) electrons. The van der Waals surface area contributed by atoms with Crippen molar-refractivity contribution in [2.75, 3.05) is 6.61 Å². The molecule has 0 aliphatic heterocycles. The van der Waals surface area contributed by atoms with E-state index in [9.17, 15) is 4.79 Å². The van der Waals surface area contributed by atoms with Crippen LogP contribution in [0.2, 0.25) is 0 Å². The van der Waals surface area contributed by atoms with E-state index < -0.39 is 0 Å². The molecule has 1 atom stereocenters. The molecular weight excluding hydrogens is 218 g/mol. The van der Waals surface area contributed by atoms with Gasteiger partial charge in [-0.2, -0.15) is 0 Å². The molecule has 1 aromatic rings. The van der Waals surface area contributed by atoms with E-state index in [1.807, 2.05) is 13.8 Å². The Morgan fingerprint density at radius 1 is 1.29 bits per heavy atom. The number of hydrogen-bond acceptors (Lipinski definition) is 3. The van der Waals surface area contributed by atoms with Crippen molar-refractivity contribution in [1.29, 1.82) is 0 Å². The predicted octanol–water partition coefficient (Wildman–Crippen LogP) is 1.53. The number of aliphatic hydroxyl groups is 1. The second-order valence-corrected chi connectivity index (χ2v) is 4.38. The van der Waals surface area contributed by atoms with Crippen LogP contribution in [0.25, 0.3) is 0 Å². The third-order valence-electron chi connectivity index (χ3n) is 2.69. The molecule has 94 valence electrons. The quantitative estimate of drug-likeness (QED) is 0.727. The third kappa shape index (κ3) is 4.07. The minimum atomic E-state index is -0.183. The molecule has 0 saturated heterocycles. The number of benzene rings is 1. The Morgan fingerprint density at radius 2 is 1.88 bits per heavy atom. The molecule has 0 aliphatic carbocycles. The number of aliphatic hydroxyl groups excluding tert-OH is 1. The summed E-state index contributed by atoms with van der Waals surface area (Å²) in [5.74, 6) is 0.220. The second-order valence-electron chi connectivity index (χ2n) is 4.38. The van der Waals surface area contributed by atoms with Crippen LogP contribution >= 0.6 is 0 Å². The van der Waals surface area contributed by atoms with Crippen molar-refractivity contribution >= 4 is 5.91 Å². The highest BCUT2D eigenvalue weighted by Crippen LogP contribution is 2.11. The fourth-order valence-electron chi connectivity index (χ4n) is 1.58. The van der Waals surface area contributed by atoms with E-state index in [-0.39, 0.29) is 30.2 Å². The van der Waals surface area contributed by atoms with E-state index in [1.165, 1.54) is 12.1 Å². The summed E-state index contributed by atoms with van der Waals surface area (Å²) in [5.41, 5.74) is 0.506. The Morgan fingerprint density at radius 3 is 2.35 bits per heavy atom. The fourth-order valence-corrected chi connectivity index (χ4v) is 1.58. The molecule has 3 N–H and O–H groups in total. The van der Waals surface area contributed by atoms with Gasteiger partial charge in [0.2, 0.25) is 0 Å². The fraction of sp³-hybridized carbons (Fsp3) is 0.462. The van der Waals surface area contributed by atoms with E-state index >= 15 is 0 Å². The van der Waals surface area contributed by atoms with Gasteiger partial charge in [0.25, 0.3) is 5.91 Å². The Balaban J connectivity index is 2.66. The van der Waals surface area contributed by atoms with E-state index in [4.69, 9.17) is 10.2 Å². The first-order chi connectivity index (χ1) is 8.04. The maximum atomic E-state index is 11.9. The van der Waals surface area contributed by atoms with Crippen LogP contribution in [0.4, 0.5) is 0 Å². The second kappa shape index (κ2) is 6.25. The molecule has 17 heavy (non-hydrogen) atoms. The molecule has 4 heteroatoms. The Kier molecular flexibility index (Phi) is 4.97. The van der Waals surface area contributed by atoms with Crippen LogP contribution < -0.4 is 5.32 Å². The SMILES string of the molecule is CC(C)C(CCO)NC(=O)c1ccc(O)cc1. The summed E-state index contributed by atoms with van der Waals surface area (Å²) in [6.07, 6.45) is 0.543. The first-order valence-electron chi connectivity index (χ1n) is 5.75. The zero-order valence-electron chi connectivity index (χ0n) is 10.2. The van der Waals surface area contributed by atoms with Crippen LogP contribution in [0.3, 0.4) is 0 Å². The summed E-state index contributed by atoms with van der Waals surface area (Å²) in [4.78, 5) is 11.9. The average molecular weight is 237 g/mol. The molecule has 0 fully saturated rings. The van der Waals surface area contributed by atoms with E-state index in [0.29, 0.717) is 12.0 Å². The highest BCUT2D eigenvalue weighted by atomic mass is 16.3. The van der Waals surface area contributed by atoms with Crippen molar-refractivity contribution in [3.8, 4) is 5.75 Å². The van der Waals surface area contributed by atoms with Crippen molar-refractivity contribution in [3.63, 3.8) is 0 Å². The number of phenolic OH excluding ortho intramolecular Hbond substituents is 1. The standard InChI is InChI=1S/C13H19NO3/c1-9(2)12(7-8-15)14-13(17)10-3-5-11(16)6-4-10/h3-6,9,12,15-16H,7-8H2,1-2H3,(H,14,17). The van der Waals surface area contributed by atoms with Crippen LogP contribution in [-0.2, 0) is 0 Å². The van der Waals surface area contributed by atoms with Gasteiger partial charge < -0.3 is 15.5 Å². The van der Waals surface area contributed by atoms with Crippen molar-refractivity contribution in [3.05, 3.63) is 29.8 Å². The Bertz CT molecular complexity index is 359. The van der Waals surface area contributed by atoms with Crippen LogP contribution in [0.15, 0.2) is 24.3 Å². The molecule has 1 amide bonds. The summed E-state index contributed by atoms with van der Waals surface area (Å²) in [5, 5.41) is 20.9. The normalized spacial score (nSPS) is 12.5. The Hall–Kier alpha value is -1.55. The molecule has 0 heterocycles. The maximum absolute atomic E-state index is 11.9. The number of amides is 1. The highest BCUT2D eigenvalue weighted by molar-refractivity contribution is 5.94. The number of hydrogen-bond donors (Lipinski definition) is 3. The first-order valence-corrected chi connectivity index (χ1v) is 5.75. The van der Waals surface area contributed by atoms with E-state index in [2.05, 4.69) is 5.32 Å². The molecule has 0 spiro atoms. The van der Waals surface area contributed by atoms with E-state index in [0.717, 1.165) is 0 Å². The number of carbonyl (C=O) groups is 1. The zero-order chi connectivity index (χ0) is 12.8. The lowest BCUT2D eigenvalue weighted by Gasteiger charge is -2.21. The van der Waals surface area contributed by atoms with Gasteiger partial charge in [-0.1, -0.05) is 13.8 Å². The Labute approximate surface area is 101 Å². The van der Waals surface area contributed by atoms with Gasteiger partial charge in [0.1, 0.15) is 5.75 Å². The van der Waals surface area contributed by atoms with Crippen LogP contribution in [0.1, 0.15) is 30.6 Å². The topological polar surface area (TPSA) is 69.6 Å². The third-order valence-corrected chi connectivity index (χ3v) is 2.69. The molecule has 4 nitrogen and oxygen atoms in total. The van der Waals surface area contributed by atoms with Crippen molar-refractivity contribution in [1.82, 2.24) is 5.32 Å². The summed E-state index contributed by atoms with van der Waals surface area (Å²) in [7, 11) is 0. The first kappa shape index (κ1) is 13.5. The molecule has 1 unspecified atom stereocenters. The largest absolute Gasteiger partial charge is 0.508 e. The van der Waals surface area contributed by atoms with Gasteiger partial charge in [-0.15, -0.1) is 0 Å². The molecular formula is C13H19NO3. The van der Waals surface area contributed by atoms with Gasteiger partial charge in [0.15, 0.2) is 0 Å². The predicted molar refractivity (Wildman–Crippen MR) is 65.9 cm³/mol. The number of phenols is 1. The molecule has 0 aromatic heterocycles. The average Bonchev–Trinajstić information content (AvgIpc) is 2.29. The number of nitrogens with one attached hydrogen (secondary N) is 1. The van der Waals surface area contributed by atoms with Crippen LogP contribution in [0.5, 0.6) is 5.75 Å². The molecule has 0 aliphatic rings. The van der Waals surface area contributed by atoms with Crippen molar-refractivity contribution in [2.24, 2.45) is 5.92 Å². The van der Waals surface area contributed by atoms with Gasteiger partial charge >= 0.3 is 0 Å². The lowest BCUT2D eigenvalue weighted by atomic mass is 10.0. The van der Waals surface area contributed by atoms with E-state index in [1.54, 1.807) is 12.1 Å². The minimum Gasteiger partial charge on any atom is -0.508 e. The zero-order valence-corrected chi connectivity index (χ0v) is 10.2. The number of aromatic hydroxyl groups is 1. The molecule has 1 rings (SSSR count). The van der Waals surface area contributed by atoms with Crippen molar-refractivity contribution < 1.29 is 15.0 Å². The van der Waals surface area contributed by atoms with Crippen LogP contribution in [-0.4, -0.2) is 28.8 Å². The molecule has 0 saturated carbocycles. The minimum absolute atomic E-state index is 0.0405. The number of carbonyl (C=O) groups excluding carboxylic acids is 1. The van der Waals surface area contributed by atoms with Gasteiger partial charge in [-0.25, -0.2) is 0 Å². The summed E-state index contributed by atoms with van der Waals surface area (Å²) < 4.78 is 0. The van der Waals surface area contributed by atoms with Crippen LogP contribution in [0, 0.1) is 5.92 Å². The van der Waals surface area contributed by atoms with Gasteiger partial charge in [0, 0.05) is 18.2 Å². The van der Waals surface area contributed by atoms with Gasteiger partial charge in [0.05, 0.1) is 0 Å². The van der Waals surface area contributed by atoms with Gasteiger partial charge in [-0.3, -0.25) is 4.79 Å². The number of rotatable bonds is 5. The lowest BCUT2D eigenvalue weighted by Crippen LogP contribution is -2.39. The maximum Gasteiger partial charge on any atom is 0.251 e. The summed E-state index contributed by atoms with van der Waals surface area (Å²) in [6.45, 7) is 4.05.